The Labute approximate surface area is 130 Å². The first-order valence-corrected chi connectivity index (χ1v) is 7.68. The molecule has 0 N–H and O–H groups in total. The first-order valence-electron chi connectivity index (χ1n) is 7.68. The average molecular weight is 300 g/mol. The highest BCUT2D eigenvalue weighted by Gasteiger charge is 2.39. The number of hydrogen-bond donors (Lipinski definition) is 0. The van der Waals surface area contributed by atoms with Crippen LogP contribution in [-0.2, 0) is 11.3 Å². The molecule has 6 nitrogen and oxygen atoms in total. The number of nitrogens with zero attached hydrogens (tertiary/aromatic N) is 4. The third kappa shape index (κ3) is 3.53. The molecule has 0 bridgehead atoms. The second-order valence-electron chi connectivity index (χ2n) is 6.07. The topological polar surface area (TPSA) is 71.1 Å². The van der Waals surface area contributed by atoms with Crippen molar-refractivity contribution in [2.45, 2.75) is 56.7 Å². The molecule has 1 aromatic rings. The highest BCUT2D eigenvalue weighted by Crippen LogP contribution is 2.40. The molecular formula is C16H20N4O2. The van der Waals surface area contributed by atoms with Crippen LogP contribution in [0.1, 0.15) is 56.1 Å². The summed E-state index contributed by atoms with van der Waals surface area (Å²) in [4.78, 5) is 18.1. The first kappa shape index (κ1) is 14.8. The predicted molar refractivity (Wildman–Crippen MR) is 79.8 cm³/mol. The molecule has 0 radical (unpaired) electrons. The first-order chi connectivity index (χ1) is 10.6. The van der Waals surface area contributed by atoms with Crippen molar-refractivity contribution in [1.82, 2.24) is 9.88 Å². The number of oxazole rings is 1. The van der Waals surface area contributed by atoms with E-state index < -0.39 is 5.66 Å². The number of terminal acetylenes is 1. The van der Waals surface area contributed by atoms with Crippen molar-refractivity contribution >= 4 is 5.91 Å². The lowest BCUT2D eigenvalue weighted by Gasteiger charge is -2.16. The molecule has 6 heteroatoms. The van der Waals surface area contributed by atoms with Crippen LogP contribution in [0.25, 0.3) is 0 Å². The second kappa shape index (κ2) is 5.91. The van der Waals surface area contributed by atoms with E-state index in [9.17, 15) is 4.79 Å². The molecule has 1 fully saturated rings. The van der Waals surface area contributed by atoms with Gasteiger partial charge in [-0.25, -0.2) is 4.98 Å². The molecule has 1 aliphatic carbocycles. The smallest absolute Gasteiger partial charge is 0.222 e. The molecule has 0 saturated heterocycles. The standard InChI is InChI=1S/C16H20N4O2/c1-3-4-8-16(18-19-16)9-7-15(21)20(2)11-14-17-10-13(22-14)12-5-6-12/h1,10,12H,4-9,11H2,2H3. The Kier molecular flexibility index (Phi) is 3.97. The minimum atomic E-state index is -0.398. The van der Waals surface area contributed by atoms with Gasteiger partial charge in [-0.15, -0.1) is 12.3 Å². The van der Waals surface area contributed by atoms with Gasteiger partial charge >= 0.3 is 0 Å². The summed E-state index contributed by atoms with van der Waals surface area (Å²) in [5.41, 5.74) is -0.398. The van der Waals surface area contributed by atoms with Crippen LogP contribution >= 0.6 is 0 Å². The molecule has 1 saturated carbocycles. The monoisotopic (exact) mass is 300 g/mol. The van der Waals surface area contributed by atoms with Crippen LogP contribution in [0.5, 0.6) is 0 Å². The number of carbonyl (C=O) groups is 1. The van der Waals surface area contributed by atoms with Gasteiger partial charge in [-0.2, -0.15) is 10.2 Å². The Morgan fingerprint density at radius 1 is 1.50 bits per heavy atom. The van der Waals surface area contributed by atoms with E-state index in [2.05, 4.69) is 21.1 Å². The largest absolute Gasteiger partial charge is 0.443 e. The van der Waals surface area contributed by atoms with Crippen molar-refractivity contribution in [2.75, 3.05) is 7.05 Å². The summed E-state index contributed by atoms with van der Waals surface area (Å²) in [6.07, 6.45) is 11.8. The van der Waals surface area contributed by atoms with Crippen molar-refractivity contribution in [3.63, 3.8) is 0 Å². The fraction of sp³-hybridized carbons (Fsp3) is 0.625. The van der Waals surface area contributed by atoms with Crippen molar-refractivity contribution < 1.29 is 9.21 Å². The zero-order chi connectivity index (χ0) is 15.6. The van der Waals surface area contributed by atoms with Gasteiger partial charge in [-0.3, -0.25) is 4.79 Å². The Bertz CT molecular complexity index is 618. The number of amides is 1. The van der Waals surface area contributed by atoms with Crippen LogP contribution in [0.15, 0.2) is 20.8 Å². The molecule has 0 spiro atoms. The van der Waals surface area contributed by atoms with Crippen LogP contribution in [0, 0.1) is 12.3 Å². The number of carbonyl (C=O) groups excluding carboxylic acids is 1. The van der Waals surface area contributed by atoms with Crippen molar-refractivity contribution in [3.8, 4) is 12.3 Å². The Morgan fingerprint density at radius 2 is 2.27 bits per heavy atom. The highest BCUT2D eigenvalue weighted by atomic mass is 16.4. The summed E-state index contributed by atoms with van der Waals surface area (Å²) >= 11 is 0. The average Bonchev–Trinajstić information content (AvgIpc) is 3.44. The molecule has 1 aliphatic heterocycles. The summed E-state index contributed by atoms with van der Waals surface area (Å²) in [6, 6.07) is 0. The summed E-state index contributed by atoms with van der Waals surface area (Å²) in [5, 5.41) is 8.09. The Balaban J connectivity index is 1.44. The Hall–Kier alpha value is -2.16. The zero-order valence-corrected chi connectivity index (χ0v) is 12.8. The van der Waals surface area contributed by atoms with Gasteiger partial charge in [0.1, 0.15) is 5.76 Å². The molecular weight excluding hydrogens is 280 g/mol. The molecule has 0 unspecified atom stereocenters. The van der Waals surface area contributed by atoms with E-state index in [1.165, 1.54) is 12.8 Å². The van der Waals surface area contributed by atoms with Gasteiger partial charge in [0.2, 0.25) is 11.8 Å². The van der Waals surface area contributed by atoms with Crippen LogP contribution in [0.3, 0.4) is 0 Å². The van der Waals surface area contributed by atoms with Gasteiger partial charge in [0, 0.05) is 38.6 Å². The van der Waals surface area contributed by atoms with Crippen LogP contribution in [0.4, 0.5) is 0 Å². The molecule has 22 heavy (non-hydrogen) atoms. The maximum absolute atomic E-state index is 12.2. The van der Waals surface area contributed by atoms with E-state index in [1.807, 2.05) is 0 Å². The molecule has 116 valence electrons. The van der Waals surface area contributed by atoms with Crippen LogP contribution in [-0.4, -0.2) is 28.5 Å². The van der Waals surface area contributed by atoms with Crippen molar-refractivity contribution in [3.05, 3.63) is 17.8 Å². The van der Waals surface area contributed by atoms with Gasteiger partial charge in [0.05, 0.1) is 12.7 Å². The molecule has 1 aromatic heterocycles. The third-order valence-electron chi connectivity index (χ3n) is 4.14. The van der Waals surface area contributed by atoms with Gasteiger partial charge in [0.15, 0.2) is 5.66 Å². The van der Waals surface area contributed by atoms with Gasteiger partial charge < -0.3 is 9.32 Å². The summed E-state index contributed by atoms with van der Waals surface area (Å²) in [5.74, 6) is 4.71. The van der Waals surface area contributed by atoms with E-state index in [4.69, 9.17) is 10.8 Å². The minimum Gasteiger partial charge on any atom is -0.443 e. The molecule has 2 aliphatic rings. The van der Waals surface area contributed by atoms with E-state index in [-0.39, 0.29) is 5.91 Å². The quantitative estimate of drug-likeness (QED) is 0.693. The van der Waals surface area contributed by atoms with Gasteiger partial charge in [0.25, 0.3) is 0 Å². The molecule has 1 amide bonds. The number of aromatic nitrogens is 1. The van der Waals surface area contributed by atoms with Crippen LogP contribution < -0.4 is 0 Å². The SMILES string of the molecule is C#CCCC1(CCC(=O)N(C)Cc2ncc(C3CC3)o2)N=N1. The third-order valence-corrected chi connectivity index (χ3v) is 4.14. The van der Waals surface area contributed by atoms with E-state index >= 15 is 0 Å². The maximum atomic E-state index is 12.2. The molecule has 3 rings (SSSR count). The number of rotatable bonds is 8. The summed E-state index contributed by atoms with van der Waals surface area (Å²) < 4.78 is 5.68. The van der Waals surface area contributed by atoms with Gasteiger partial charge in [-0.05, 0) is 12.8 Å². The van der Waals surface area contributed by atoms with Crippen molar-refractivity contribution in [1.29, 1.82) is 0 Å². The molecule has 0 atom stereocenters. The van der Waals surface area contributed by atoms with Crippen molar-refractivity contribution in [2.24, 2.45) is 10.2 Å². The van der Waals surface area contributed by atoms with Gasteiger partial charge in [-0.1, -0.05) is 0 Å². The van der Waals surface area contributed by atoms with E-state index in [0.717, 1.165) is 12.2 Å². The second-order valence-corrected chi connectivity index (χ2v) is 6.07. The lowest BCUT2D eigenvalue weighted by molar-refractivity contribution is -0.131. The molecule has 0 aromatic carbocycles. The molecule has 2 heterocycles. The lowest BCUT2D eigenvalue weighted by Crippen LogP contribution is -2.27. The summed E-state index contributed by atoms with van der Waals surface area (Å²) in [7, 11) is 1.76. The fourth-order valence-electron chi connectivity index (χ4n) is 2.41. The maximum Gasteiger partial charge on any atom is 0.222 e. The lowest BCUT2D eigenvalue weighted by atomic mass is 10.0. The normalized spacial score (nSPS) is 18.0. The summed E-state index contributed by atoms with van der Waals surface area (Å²) in [6.45, 7) is 0.400. The highest BCUT2D eigenvalue weighted by molar-refractivity contribution is 5.75. The predicted octanol–water partition coefficient (Wildman–Crippen LogP) is 2.87. The minimum absolute atomic E-state index is 0.0450. The fourth-order valence-corrected chi connectivity index (χ4v) is 2.41. The van der Waals surface area contributed by atoms with E-state index in [0.29, 0.717) is 37.6 Å². The van der Waals surface area contributed by atoms with E-state index in [1.54, 1.807) is 18.1 Å². The number of hydrogen-bond acceptors (Lipinski definition) is 5. The Morgan fingerprint density at radius 3 is 2.91 bits per heavy atom. The van der Waals surface area contributed by atoms with Crippen LogP contribution in [0.2, 0.25) is 0 Å². The zero-order valence-electron chi connectivity index (χ0n) is 12.8.